The maximum Gasteiger partial charge on any atom is 0.0899 e. The summed E-state index contributed by atoms with van der Waals surface area (Å²) >= 11 is 0. The quantitative estimate of drug-likeness (QED) is 0.515. The first-order valence-corrected chi connectivity index (χ1v) is 4.40. The molecule has 1 aliphatic carbocycles. The van der Waals surface area contributed by atoms with E-state index in [0.717, 1.165) is 13.0 Å². The molecule has 0 aromatic heterocycles. The first-order valence-electron chi connectivity index (χ1n) is 4.40. The molecule has 0 aromatic rings. The van der Waals surface area contributed by atoms with Crippen molar-refractivity contribution < 1.29 is 4.74 Å². The highest BCUT2D eigenvalue weighted by molar-refractivity contribution is 5.18. The van der Waals surface area contributed by atoms with E-state index < -0.39 is 0 Å². The maximum atomic E-state index is 5.77. The average molecular weight is 150 g/mol. The second kappa shape index (κ2) is 2.82. The van der Waals surface area contributed by atoms with Gasteiger partial charge in [-0.2, -0.15) is 0 Å². The molecule has 0 radical (unpaired) electrons. The molecule has 1 nitrogen and oxygen atoms in total. The highest BCUT2D eigenvalue weighted by Gasteiger charge is 2.29. The minimum atomic E-state index is 0.0903. The normalized spacial score (nSPS) is 36.4. The molecular weight excluding hydrogens is 136 g/mol. The molecule has 1 heterocycles. The van der Waals surface area contributed by atoms with Gasteiger partial charge in [0.2, 0.25) is 0 Å². The van der Waals surface area contributed by atoms with Crippen molar-refractivity contribution in [3.05, 3.63) is 24.3 Å². The molecule has 0 bridgehead atoms. The van der Waals surface area contributed by atoms with Crippen LogP contribution in [0, 0.1) is 0 Å². The van der Waals surface area contributed by atoms with E-state index in [-0.39, 0.29) is 5.60 Å². The fraction of sp³-hybridized carbons (Fsp3) is 0.600. The Morgan fingerprint density at radius 3 is 2.82 bits per heavy atom. The standard InChI is InChI=1S/C10H14O/c1-2-6-10(7-3-1)8-4-5-9-11-10/h1-3,6H,4-5,7-9H2. The van der Waals surface area contributed by atoms with Crippen molar-refractivity contribution in [2.75, 3.05) is 6.61 Å². The van der Waals surface area contributed by atoms with E-state index in [0.29, 0.717) is 0 Å². The average Bonchev–Trinajstić information content (AvgIpc) is 2.07. The fourth-order valence-corrected chi connectivity index (χ4v) is 1.81. The zero-order chi connectivity index (χ0) is 7.57. The van der Waals surface area contributed by atoms with E-state index in [2.05, 4.69) is 24.3 Å². The third-order valence-corrected chi connectivity index (χ3v) is 2.49. The van der Waals surface area contributed by atoms with Crippen LogP contribution in [-0.4, -0.2) is 12.2 Å². The summed E-state index contributed by atoms with van der Waals surface area (Å²) in [6, 6.07) is 0. The van der Waals surface area contributed by atoms with Gasteiger partial charge in [0, 0.05) is 6.61 Å². The van der Waals surface area contributed by atoms with E-state index in [9.17, 15) is 0 Å². The first-order chi connectivity index (χ1) is 5.41. The molecule has 0 N–H and O–H groups in total. The van der Waals surface area contributed by atoms with Gasteiger partial charge in [-0.05, 0) is 25.7 Å². The number of rotatable bonds is 0. The molecule has 1 heteroatoms. The lowest BCUT2D eigenvalue weighted by atomic mass is 9.88. The molecule has 0 aromatic carbocycles. The molecule has 2 aliphatic rings. The molecule has 60 valence electrons. The lowest BCUT2D eigenvalue weighted by molar-refractivity contribution is -0.0414. The fourth-order valence-electron chi connectivity index (χ4n) is 1.81. The molecular formula is C10H14O. The van der Waals surface area contributed by atoms with Gasteiger partial charge in [0.05, 0.1) is 5.60 Å². The van der Waals surface area contributed by atoms with Crippen molar-refractivity contribution in [2.45, 2.75) is 31.3 Å². The van der Waals surface area contributed by atoms with Gasteiger partial charge in [-0.3, -0.25) is 0 Å². The summed E-state index contributed by atoms with van der Waals surface area (Å²) in [6.07, 6.45) is 13.4. The topological polar surface area (TPSA) is 9.23 Å². The Kier molecular flexibility index (Phi) is 1.82. The minimum absolute atomic E-state index is 0.0903. The third-order valence-electron chi connectivity index (χ3n) is 2.49. The maximum absolute atomic E-state index is 5.77. The highest BCUT2D eigenvalue weighted by Crippen LogP contribution is 2.31. The Hall–Kier alpha value is -0.560. The summed E-state index contributed by atoms with van der Waals surface area (Å²) in [5, 5.41) is 0. The molecule has 1 atom stereocenters. The van der Waals surface area contributed by atoms with Gasteiger partial charge in [-0.25, -0.2) is 0 Å². The molecule has 1 saturated heterocycles. The Balaban J connectivity index is 2.08. The molecule has 2 rings (SSSR count). The number of hydrogen-bond donors (Lipinski definition) is 0. The minimum Gasteiger partial charge on any atom is -0.371 e. The summed E-state index contributed by atoms with van der Waals surface area (Å²) in [5.74, 6) is 0. The van der Waals surface area contributed by atoms with Crippen molar-refractivity contribution in [3.63, 3.8) is 0 Å². The van der Waals surface area contributed by atoms with Gasteiger partial charge in [-0.15, -0.1) is 0 Å². The van der Waals surface area contributed by atoms with Gasteiger partial charge < -0.3 is 4.74 Å². The Morgan fingerprint density at radius 2 is 2.18 bits per heavy atom. The second-order valence-corrected chi connectivity index (χ2v) is 3.36. The number of ether oxygens (including phenoxy) is 1. The van der Waals surface area contributed by atoms with Crippen LogP contribution < -0.4 is 0 Å². The van der Waals surface area contributed by atoms with Crippen LogP contribution in [0.25, 0.3) is 0 Å². The number of allylic oxidation sites excluding steroid dienone is 2. The van der Waals surface area contributed by atoms with Gasteiger partial charge in [-0.1, -0.05) is 24.3 Å². The Bertz CT molecular complexity index is 185. The van der Waals surface area contributed by atoms with Crippen LogP contribution in [0.2, 0.25) is 0 Å². The molecule has 1 fully saturated rings. The largest absolute Gasteiger partial charge is 0.371 e. The van der Waals surface area contributed by atoms with Crippen LogP contribution in [0.5, 0.6) is 0 Å². The van der Waals surface area contributed by atoms with Crippen LogP contribution in [0.3, 0.4) is 0 Å². The molecule has 0 amide bonds. The Labute approximate surface area is 67.7 Å². The SMILES string of the molecule is C1=CCC2(C=C1)CCCCO2. The lowest BCUT2D eigenvalue weighted by Crippen LogP contribution is -2.34. The zero-order valence-electron chi connectivity index (χ0n) is 6.75. The van der Waals surface area contributed by atoms with Gasteiger partial charge in [0.1, 0.15) is 0 Å². The Morgan fingerprint density at radius 1 is 1.18 bits per heavy atom. The van der Waals surface area contributed by atoms with E-state index in [1.165, 1.54) is 19.3 Å². The van der Waals surface area contributed by atoms with E-state index in [1.807, 2.05) is 0 Å². The van der Waals surface area contributed by atoms with Crippen LogP contribution in [0.4, 0.5) is 0 Å². The second-order valence-electron chi connectivity index (χ2n) is 3.36. The van der Waals surface area contributed by atoms with Crippen molar-refractivity contribution in [2.24, 2.45) is 0 Å². The summed E-state index contributed by atoms with van der Waals surface area (Å²) in [6.45, 7) is 0.943. The third kappa shape index (κ3) is 1.38. The monoisotopic (exact) mass is 150 g/mol. The van der Waals surface area contributed by atoms with Gasteiger partial charge in [0.15, 0.2) is 0 Å². The molecule has 1 unspecified atom stereocenters. The smallest absolute Gasteiger partial charge is 0.0899 e. The summed E-state index contributed by atoms with van der Waals surface area (Å²) in [7, 11) is 0. The van der Waals surface area contributed by atoms with Crippen LogP contribution in [0.15, 0.2) is 24.3 Å². The highest BCUT2D eigenvalue weighted by atomic mass is 16.5. The summed E-state index contributed by atoms with van der Waals surface area (Å²) in [4.78, 5) is 0. The van der Waals surface area contributed by atoms with E-state index in [4.69, 9.17) is 4.74 Å². The van der Waals surface area contributed by atoms with E-state index >= 15 is 0 Å². The summed E-state index contributed by atoms with van der Waals surface area (Å²) in [5.41, 5.74) is 0.0903. The summed E-state index contributed by atoms with van der Waals surface area (Å²) < 4.78 is 5.77. The molecule has 1 aliphatic heterocycles. The van der Waals surface area contributed by atoms with Gasteiger partial charge in [0.25, 0.3) is 0 Å². The number of hydrogen-bond acceptors (Lipinski definition) is 1. The van der Waals surface area contributed by atoms with Crippen LogP contribution >= 0.6 is 0 Å². The van der Waals surface area contributed by atoms with Crippen LogP contribution in [0.1, 0.15) is 25.7 Å². The lowest BCUT2D eigenvalue weighted by Gasteiger charge is -2.35. The molecule has 0 saturated carbocycles. The van der Waals surface area contributed by atoms with Crippen molar-refractivity contribution >= 4 is 0 Å². The first kappa shape index (κ1) is 7.11. The van der Waals surface area contributed by atoms with Crippen molar-refractivity contribution in [3.8, 4) is 0 Å². The molecule has 1 spiro atoms. The van der Waals surface area contributed by atoms with Crippen molar-refractivity contribution in [1.29, 1.82) is 0 Å². The van der Waals surface area contributed by atoms with Gasteiger partial charge >= 0.3 is 0 Å². The van der Waals surface area contributed by atoms with Crippen LogP contribution in [-0.2, 0) is 4.74 Å². The molecule has 11 heavy (non-hydrogen) atoms. The predicted octanol–water partition coefficient (Wildman–Crippen LogP) is 2.44. The zero-order valence-corrected chi connectivity index (χ0v) is 6.75. The van der Waals surface area contributed by atoms with E-state index in [1.54, 1.807) is 0 Å². The predicted molar refractivity (Wildman–Crippen MR) is 45.4 cm³/mol. The van der Waals surface area contributed by atoms with Crippen molar-refractivity contribution in [1.82, 2.24) is 0 Å².